The molecule has 8 heteroatoms. The van der Waals surface area contributed by atoms with Crippen LogP contribution in [0.15, 0.2) is 59.5 Å². The number of ether oxygens (including phenoxy) is 1. The molecular formula is C26H25F2N3O3. The van der Waals surface area contributed by atoms with Gasteiger partial charge in [0.05, 0.1) is 17.6 Å². The van der Waals surface area contributed by atoms with Crippen LogP contribution in [-0.2, 0) is 7.05 Å². The minimum Gasteiger partial charge on any atom is -0.478 e. The van der Waals surface area contributed by atoms with Crippen LogP contribution in [0.25, 0.3) is 16.5 Å². The minimum atomic E-state index is -1.54. The van der Waals surface area contributed by atoms with Crippen molar-refractivity contribution in [3.63, 3.8) is 0 Å². The zero-order valence-corrected chi connectivity index (χ0v) is 19.0. The first-order chi connectivity index (χ1) is 16.2. The van der Waals surface area contributed by atoms with Gasteiger partial charge in [-0.3, -0.25) is 0 Å². The highest BCUT2D eigenvalue weighted by Gasteiger charge is 2.43. The molecule has 0 saturated carbocycles. The van der Waals surface area contributed by atoms with E-state index in [0.29, 0.717) is 16.9 Å². The van der Waals surface area contributed by atoms with Gasteiger partial charge in [0, 0.05) is 42.1 Å². The molecule has 1 aliphatic heterocycles. The number of carboxylic acids is 1. The molecule has 6 nitrogen and oxygen atoms in total. The van der Waals surface area contributed by atoms with Gasteiger partial charge >= 0.3 is 5.97 Å². The number of benzene rings is 2. The monoisotopic (exact) mass is 465 g/mol. The summed E-state index contributed by atoms with van der Waals surface area (Å²) in [6.07, 6.45) is 0.348. The molecule has 2 aliphatic rings. The van der Waals surface area contributed by atoms with Crippen molar-refractivity contribution < 1.29 is 23.4 Å². The van der Waals surface area contributed by atoms with Crippen LogP contribution in [0.2, 0.25) is 0 Å². The third kappa shape index (κ3) is 3.73. The van der Waals surface area contributed by atoms with Crippen molar-refractivity contribution in [2.24, 2.45) is 18.0 Å². The first-order valence-corrected chi connectivity index (χ1v) is 11.2. The standard InChI is InChI=1S/C26H25F2N3O3/c1-13-4-6-17(11-18(13)25(32)33)34-26-29-20-12-19(27)22(23(28)14(2)24(20)30-26)16-5-7-21-15(10-16)8-9-31(21)3/h4-11,14,20,23-24H,12H2,1-3H3,(H,29,30)(H,32,33). The zero-order valence-electron chi connectivity index (χ0n) is 19.0. The molecular weight excluding hydrogens is 440 g/mol. The Morgan fingerprint density at radius 2 is 2.03 bits per heavy atom. The largest absolute Gasteiger partial charge is 0.478 e. The van der Waals surface area contributed by atoms with Crippen LogP contribution in [0.3, 0.4) is 0 Å². The molecule has 1 aliphatic carbocycles. The van der Waals surface area contributed by atoms with Gasteiger partial charge in [-0.15, -0.1) is 0 Å². The molecule has 3 aromatic rings. The van der Waals surface area contributed by atoms with E-state index in [-0.39, 0.29) is 23.6 Å². The van der Waals surface area contributed by atoms with Crippen LogP contribution in [0.4, 0.5) is 8.78 Å². The summed E-state index contributed by atoms with van der Waals surface area (Å²) < 4.78 is 38.9. The fourth-order valence-corrected chi connectivity index (χ4v) is 4.88. The fourth-order valence-electron chi connectivity index (χ4n) is 4.88. The van der Waals surface area contributed by atoms with Crippen molar-refractivity contribution >= 4 is 28.5 Å². The Hall–Kier alpha value is -3.68. The predicted molar refractivity (Wildman–Crippen MR) is 127 cm³/mol. The summed E-state index contributed by atoms with van der Waals surface area (Å²) in [4.78, 5) is 15.9. The summed E-state index contributed by atoms with van der Waals surface area (Å²) in [5.74, 6) is -1.87. The highest BCUT2D eigenvalue weighted by Crippen LogP contribution is 2.40. The molecule has 0 amide bonds. The van der Waals surface area contributed by atoms with Crippen molar-refractivity contribution in [1.29, 1.82) is 0 Å². The van der Waals surface area contributed by atoms with Gasteiger partial charge in [0.2, 0.25) is 0 Å². The Labute approximate surface area is 195 Å². The summed E-state index contributed by atoms with van der Waals surface area (Å²) >= 11 is 0. The number of amidine groups is 1. The number of nitrogens with one attached hydrogen (secondary N) is 1. The van der Waals surface area contributed by atoms with Crippen LogP contribution >= 0.6 is 0 Å². The molecule has 34 heavy (non-hydrogen) atoms. The maximum atomic E-state index is 15.7. The van der Waals surface area contributed by atoms with Gasteiger partial charge in [-0.1, -0.05) is 19.1 Å². The summed E-state index contributed by atoms with van der Waals surface area (Å²) in [5, 5.41) is 13.3. The van der Waals surface area contributed by atoms with Crippen molar-refractivity contribution in [3.8, 4) is 5.75 Å². The van der Waals surface area contributed by atoms with Gasteiger partial charge in [-0.25, -0.2) is 18.6 Å². The van der Waals surface area contributed by atoms with Gasteiger partial charge < -0.3 is 19.7 Å². The molecule has 5 rings (SSSR count). The summed E-state index contributed by atoms with van der Waals surface area (Å²) in [6, 6.07) is 11.2. The van der Waals surface area contributed by atoms with Crippen molar-refractivity contribution in [2.75, 3.05) is 0 Å². The van der Waals surface area contributed by atoms with E-state index >= 15 is 8.78 Å². The number of hydrogen-bond acceptors (Lipinski definition) is 4. The van der Waals surface area contributed by atoms with E-state index in [1.54, 1.807) is 32.0 Å². The molecule has 1 aromatic heterocycles. The molecule has 2 aromatic carbocycles. The quantitative estimate of drug-likeness (QED) is 0.570. The summed E-state index contributed by atoms with van der Waals surface area (Å²) in [6.45, 7) is 3.42. The topological polar surface area (TPSA) is 75.8 Å². The molecule has 2 heterocycles. The van der Waals surface area contributed by atoms with Gasteiger partial charge in [0.25, 0.3) is 6.02 Å². The zero-order chi connectivity index (χ0) is 24.1. The second-order valence-corrected chi connectivity index (χ2v) is 9.04. The van der Waals surface area contributed by atoms with Gasteiger partial charge in [0.15, 0.2) is 0 Å². The Balaban J connectivity index is 1.41. The molecule has 0 bridgehead atoms. The number of carbonyl (C=O) groups is 1. The van der Waals surface area contributed by atoms with E-state index < -0.39 is 36.0 Å². The van der Waals surface area contributed by atoms with Crippen LogP contribution in [-0.4, -0.2) is 39.9 Å². The first-order valence-electron chi connectivity index (χ1n) is 11.2. The van der Waals surface area contributed by atoms with Crippen LogP contribution in [0, 0.1) is 12.8 Å². The van der Waals surface area contributed by atoms with Crippen molar-refractivity contribution in [1.82, 2.24) is 9.88 Å². The highest BCUT2D eigenvalue weighted by molar-refractivity contribution is 5.90. The van der Waals surface area contributed by atoms with E-state index in [0.717, 1.165) is 10.9 Å². The minimum absolute atomic E-state index is 0.0256. The van der Waals surface area contributed by atoms with Gasteiger partial charge in [-0.2, -0.15) is 0 Å². The average Bonchev–Trinajstić information content (AvgIpc) is 3.35. The highest BCUT2D eigenvalue weighted by atomic mass is 19.1. The van der Waals surface area contributed by atoms with Gasteiger partial charge in [0.1, 0.15) is 17.7 Å². The molecule has 4 unspecified atom stereocenters. The fraction of sp³-hybridized carbons (Fsp3) is 0.308. The number of allylic oxidation sites excluding steroid dienone is 1. The number of aliphatic imine (C=N–C) groups is 1. The Morgan fingerprint density at radius 1 is 1.24 bits per heavy atom. The van der Waals surface area contributed by atoms with Crippen molar-refractivity contribution in [3.05, 3.63) is 71.2 Å². The van der Waals surface area contributed by atoms with E-state index in [1.165, 1.54) is 6.07 Å². The number of rotatable bonds is 3. The molecule has 4 atom stereocenters. The lowest BCUT2D eigenvalue weighted by atomic mass is 9.89. The van der Waals surface area contributed by atoms with E-state index in [2.05, 4.69) is 10.3 Å². The second-order valence-electron chi connectivity index (χ2n) is 9.04. The average molecular weight is 466 g/mol. The summed E-state index contributed by atoms with van der Waals surface area (Å²) in [5.41, 5.74) is 2.34. The molecule has 176 valence electrons. The Morgan fingerprint density at radius 3 is 2.79 bits per heavy atom. The number of aromatic nitrogens is 1. The van der Waals surface area contributed by atoms with Crippen LogP contribution in [0.1, 0.15) is 34.8 Å². The lowest BCUT2D eigenvalue weighted by Gasteiger charge is -2.23. The predicted octanol–water partition coefficient (Wildman–Crippen LogP) is 5.02. The number of fused-ring (bicyclic) bond motifs is 2. The van der Waals surface area contributed by atoms with E-state index in [9.17, 15) is 9.90 Å². The van der Waals surface area contributed by atoms with E-state index in [4.69, 9.17) is 4.74 Å². The Kier molecular flexibility index (Phi) is 5.38. The molecule has 0 fully saturated rings. The van der Waals surface area contributed by atoms with Crippen molar-refractivity contribution in [2.45, 2.75) is 38.5 Å². The molecule has 0 saturated heterocycles. The first kappa shape index (κ1) is 22.1. The third-order valence-electron chi connectivity index (χ3n) is 6.81. The third-order valence-corrected chi connectivity index (χ3v) is 6.81. The number of aryl methyl sites for hydroxylation is 2. The Bertz CT molecular complexity index is 1360. The number of aromatic carboxylic acids is 1. The number of carboxylic acid groups (broad SMARTS) is 1. The SMILES string of the molecule is Cc1ccc(OC2=NC3C(CC(F)=C(c4ccc5c(ccn5C)c4)C(F)C3C)N2)cc1C(=O)O. The van der Waals surface area contributed by atoms with Crippen LogP contribution < -0.4 is 10.1 Å². The van der Waals surface area contributed by atoms with Gasteiger partial charge in [-0.05, 0) is 48.4 Å². The number of nitrogens with zero attached hydrogens (tertiary/aromatic N) is 2. The lowest BCUT2D eigenvalue weighted by Crippen LogP contribution is -2.39. The maximum absolute atomic E-state index is 15.7. The molecule has 0 spiro atoms. The molecule has 0 radical (unpaired) electrons. The number of alkyl halides is 1. The number of hydrogen-bond donors (Lipinski definition) is 2. The smallest absolute Gasteiger partial charge is 0.336 e. The normalized spacial score (nSPS) is 24.4. The summed E-state index contributed by atoms with van der Waals surface area (Å²) in [7, 11) is 1.93. The molecule has 2 N–H and O–H groups in total. The van der Waals surface area contributed by atoms with E-state index in [1.807, 2.05) is 36.0 Å². The lowest BCUT2D eigenvalue weighted by molar-refractivity contribution is 0.0695. The number of halogens is 2. The van der Waals surface area contributed by atoms with Crippen LogP contribution in [0.5, 0.6) is 5.75 Å². The second kappa shape index (κ2) is 8.27. The maximum Gasteiger partial charge on any atom is 0.336 e.